The van der Waals surface area contributed by atoms with E-state index >= 15 is 0 Å². The molecule has 1 aliphatic rings. The van der Waals surface area contributed by atoms with Crippen LogP contribution >= 0.6 is 35.3 Å². The Balaban J connectivity index is 0.00000288. The van der Waals surface area contributed by atoms with E-state index in [0.717, 1.165) is 6.42 Å². The summed E-state index contributed by atoms with van der Waals surface area (Å²) in [4.78, 5) is 30.0. The van der Waals surface area contributed by atoms with Gasteiger partial charge in [-0.1, -0.05) is 6.07 Å². The summed E-state index contributed by atoms with van der Waals surface area (Å²) in [6.45, 7) is 1.31. The van der Waals surface area contributed by atoms with E-state index in [4.69, 9.17) is 0 Å². The van der Waals surface area contributed by atoms with Crippen molar-refractivity contribution in [1.82, 2.24) is 20.9 Å². The smallest absolute Gasteiger partial charge is 0.243 e. The highest BCUT2D eigenvalue weighted by Gasteiger charge is 2.19. The van der Waals surface area contributed by atoms with E-state index in [-0.39, 0.29) is 48.4 Å². The van der Waals surface area contributed by atoms with E-state index < -0.39 is 0 Å². The zero-order valence-electron chi connectivity index (χ0n) is 13.9. The predicted octanol–water partition coefficient (Wildman–Crippen LogP) is 0.768. The van der Waals surface area contributed by atoms with Crippen molar-refractivity contribution in [3.05, 3.63) is 22.4 Å². The fourth-order valence-corrected chi connectivity index (χ4v) is 2.72. The average Bonchev–Trinajstić information content (AvgIpc) is 3.05. The molecule has 2 heterocycles. The number of nitrogens with one attached hydrogen (secondary N) is 3. The molecule has 7 nitrogen and oxygen atoms in total. The van der Waals surface area contributed by atoms with Crippen molar-refractivity contribution < 1.29 is 9.59 Å². The van der Waals surface area contributed by atoms with Gasteiger partial charge in [-0.25, -0.2) is 4.99 Å². The van der Waals surface area contributed by atoms with Crippen molar-refractivity contribution in [1.29, 1.82) is 0 Å². The van der Waals surface area contributed by atoms with Crippen LogP contribution in [-0.4, -0.2) is 55.9 Å². The highest BCUT2D eigenvalue weighted by molar-refractivity contribution is 14.0. The molecule has 2 amide bonds. The maximum atomic E-state index is 11.7. The molecule has 0 bridgehead atoms. The van der Waals surface area contributed by atoms with Crippen LogP contribution in [0.4, 0.5) is 0 Å². The predicted molar refractivity (Wildman–Crippen MR) is 107 cm³/mol. The van der Waals surface area contributed by atoms with Crippen molar-refractivity contribution in [2.75, 3.05) is 27.2 Å². The van der Waals surface area contributed by atoms with Crippen LogP contribution in [-0.2, 0) is 16.1 Å². The van der Waals surface area contributed by atoms with Crippen LogP contribution in [0.2, 0.25) is 0 Å². The highest BCUT2D eigenvalue weighted by atomic mass is 127. The first-order valence-electron chi connectivity index (χ1n) is 7.58. The van der Waals surface area contributed by atoms with E-state index in [1.807, 2.05) is 17.5 Å². The largest absolute Gasteiger partial charge is 0.354 e. The molecular weight excluding hydrogens is 441 g/mol. The van der Waals surface area contributed by atoms with Crippen molar-refractivity contribution >= 4 is 53.1 Å². The van der Waals surface area contributed by atoms with Gasteiger partial charge in [-0.2, -0.15) is 0 Å². The van der Waals surface area contributed by atoms with Crippen molar-refractivity contribution in [3.8, 4) is 0 Å². The fraction of sp³-hybridized carbons (Fsp3) is 0.533. The number of nitrogens with zero attached hydrogens (tertiary/aromatic N) is 2. The molecule has 0 radical (unpaired) electrons. The number of hydrogen-bond donors (Lipinski definition) is 3. The second kappa shape index (κ2) is 10.5. The lowest BCUT2D eigenvalue weighted by atomic mass is 10.1. The van der Waals surface area contributed by atoms with Crippen LogP contribution in [0.5, 0.6) is 0 Å². The normalized spacial score (nSPS) is 17.5. The zero-order valence-corrected chi connectivity index (χ0v) is 17.0. The molecule has 24 heavy (non-hydrogen) atoms. The van der Waals surface area contributed by atoms with Gasteiger partial charge >= 0.3 is 0 Å². The molecule has 0 saturated carbocycles. The number of aliphatic imine (C=N–C) groups is 1. The van der Waals surface area contributed by atoms with Gasteiger partial charge < -0.3 is 20.9 Å². The van der Waals surface area contributed by atoms with Gasteiger partial charge in [0, 0.05) is 38.0 Å². The highest BCUT2D eigenvalue weighted by Crippen LogP contribution is 2.07. The van der Waals surface area contributed by atoms with Crippen LogP contribution in [0.15, 0.2) is 22.5 Å². The van der Waals surface area contributed by atoms with E-state index in [2.05, 4.69) is 20.9 Å². The molecule has 9 heteroatoms. The molecule has 1 aliphatic heterocycles. The molecule has 1 aromatic rings. The van der Waals surface area contributed by atoms with E-state index in [9.17, 15) is 9.59 Å². The number of guanidine groups is 1. The number of halogens is 1. The van der Waals surface area contributed by atoms with Gasteiger partial charge in [0.25, 0.3) is 0 Å². The Hall–Kier alpha value is -1.36. The maximum absolute atomic E-state index is 11.7. The summed E-state index contributed by atoms with van der Waals surface area (Å²) in [6.07, 6.45) is 1.26. The lowest BCUT2D eigenvalue weighted by molar-refractivity contribution is -0.127. The van der Waals surface area contributed by atoms with Crippen LogP contribution in [0.1, 0.15) is 17.7 Å². The first-order chi connectivity index (χ1) is 11.0. The second-order valence-electron chi connectivity index (χ2n) is 5.57. The van der Waals surface area contributed by atoms with Gasteiger partial charge in [0.1, 0.15) is 6.54 Å². The van der Waals surface area contributed by atoms with Gasteiger partial charge in [-0.15, -0.1) is 35.3 Å². The molecule has 1 aromatic heterocycles. The summed E-state index contributed by atoms with van der Waals surface area (Å²) in [7, 11) is 3.42. The van der Waals surface area contributed by atoms with Crippen LogP contribution in [0.25, 0.3) is 0 Å². The summed E-state index contributed by atoms with van der Waals surface area (Å²) < 4.78 is 0. The number of amides is 2. The average molecular weight is 465 g/mol. The summed E-state index contributed by atoms with van der Waals surface area (Å²) in [5.41, 5.74) is 0. The van der Waals surface area contributed by atoms with Crippen molar-refractivity contribution in [2.24, 2.45) is 4.99 Å². The topological polar surface area (TPSA) is 85.8 Å². The van der Waals surface area contributed by atoms with Crippen LogP contribution in [0, 0.1) is 0 Å². The molecule has 0 aliphatic carbocycles. The Morgan fingerprint density at radius 2 is 2.29 bits per heavy atom. The molecule has 1 saturated heterocycles. The second-order valence-corrected chi connectivity index (χ2v) is 6.60. The summed E-state index contributed by atoms with van der Waals surface area (Å²) in [5.74, 6) is 0.616. The molecular formula is C15H24IN5O2S. The van der Waals surface area contributed by atoms with Gasteiger partial charge in [0.15, 0.2) is 5.96 Å². The third-order valence-electron chi connectivity index (χ3n) is 3.49. The van der Waals surface area contributed by atoms with Gasteiger partial charge in [0.05, 0.1) is 6.54 Å². The number of hydrogen-bond acceptors (Lipinski definition) is 4. The Morgan fingerprint density at radius 1 is 1.50 bits per heavy atom. The van der Waals surface area contributed by atoms with Crippen molar-refractivity contribution in [2.45, 2.75) is 25.4 Å². The summed E-state index contributed by atoms with van der Waals surface area (Å²) in [5, 5.41) is 11.4. The van der Waals surface area contributed by atoms with Gasteiger partial charge in [-0.3, -0.25) is 9.59 Å². The lowest BCUT2D eigenvalue weighted by Gasteiger charge is -2.25. The third-order valence-corrected chi connectivity index (χ3v) is 4.36. The minimum absolute atomic E-state index is 0. The standard InChI is InChI=1S/C15H23N5O2S.HI/c1-20(2)14(22)10-18-15(17-9-12-4-3-7-23-12)19-11-5-6-13(21)16-8-11;/h3-4,7,11H,5-6,8-10H2,1-2H3,(H,16,21)(H2,17,18,19);1H. The number of rotatable bonds is 5. The van der Waals surface area contributed by atoms with Crippen molar-refractivity contribution in [3.63, 3.8) is 0 Å². The van der Waals surface area contributed by atoms with Crippen LogP contribution in [0.3, 0.4) is 0 Å². The fourth-order valence-electron chi connectivity index (χ4n) is 2.07. The Kier molecular flexibility index (Phi) is 9.04. The Labute approximate surface area is 163 Å². The number of likely N-dealkylation sites (N-methyl/N-ethyl adjacent to an activating group) is 1. The first-order valence-corrected chi connectivity index (χ1v) is 8.46. The number of carbonyl (C=O) groups is 2. The minimum Gasteiger partial charge on any atom is -0.354 e. The Bertz CT molecular complexity index is 552. The summed E-state index contributed by atoms with van der Waals surface area (Å²) in [6, 6.07) is 4.16. The quantitative estimate of drug-likeness (QED) is 0.341. The molecule has 1 atom stereocenters. The maximum Gasteiger partial charge on any atom is 0.243 e. The molecule has 3 N–H and O–H groups in total. The molecule has 134 valence electrons. The molecule has 0 spiro atoms. The SMILES string of the molecule is CN(C)C(=O)CN=C(NCc1cccs1)NC1CCC(=O)NC1.I. The van der Waals surface area contributed by atoms with E-state index in [1.165, 1.54) is 9.78 Å². The summed E-state index contributed by atoms with van der Waals surface area (Å²) >= 11 is 1.66. The van der Waals surface area contributed by atoms with Gasteiger partial charge in [-0.05, 0) is 17.9 Å². The molecule has 0 aromatic carbocycles. The Morgan fingerprint density at radius 3 is 2.88 bits per heavy atom. The number of piperidine rings is 1. The van der Waals surface area contributed by atoms with Crippen LogP contribution < -0.4 is 16.0 Å². The minimum atomic E-state index is -0.0563. The van der Waals surface area contributed by atoms with E-state index in [0.29, 0.717) is 25.5 Å². The zero-order chi connectivity index (χ0) is 16.7. The monoisotopic (exact) mass is 465 g/mol. The lowest BCUT2D eigenvalue weighted by Crippen LogP contribution is -2.51. The molecule has 2 rings (SSSR count). The molecule has 1 fully saturated rings. The van der Waals surface area contributed by atoms with Gasteiger partial charge in [0.2, 0.25) is 11.8 Å². The first kappa shape index (κ1) is 20.7. The molecule has 1 unspecified atom stereocenters. The number of thiophene rings is 1. The van der Waals surface area contributed by atoms with E-state index in [1.54, 1.807) is 25.4 Å². The third kappa shape index (κ3) is 7.04. The number of carbonyl (C=O) groups excluding carboxylic acids is 2.